The van der Waals surface area contributed by atoms with E-state index in [0.717, 1.165) is 27.1 Å². The molecule has 0 bridgehead atoms. The molecule has 1 aliphatic carbocycles. The summed E-state index contributed by atoms with van der Waals surface area (Å²) in [6.07, 6.45) is 3.54. The number of rotatable bonds is 2. The van der Waals surface area contributed by atoms with E-state index in [2.05, 4.69) is 22.0 Å². The van der Waals surface area contributed by atoms with Crippen LogP contribution in [0, 0.1) is 0 Å². The van der Waals surface area contributed by atoms with Gasteiger partial charge in [-0.05, 0) is 58.3 Å². The maximum Gasteiger partial charge on any atom is 0.214 e. The number of halogens is 1. The molecule has 16 heavy (non-hydrogen) atoms. The number of thiophene rings is 2. The van der Waals surface area contributed by atoms with Gasteiger partial charge in [0.25, 0.3) is 0 Å². The molecule has 1 nitrogen and oxygen atoms in total. The van der Waals surface area contributed by atoms with Gasteiger partial charge in [0.15, 0.2) is 0 Å². The average Bonchev–Trinajstić information content (AvgIpc) is 2.89. The molecule has 2 aromatic heterocycles. The zero-order chi connectivity index (χ0) is 11.1. The predicted octanol–water partition coefficient (Wildman–Crippen LogP) is 4.29. The molecule has 0 saturated heterocycles. The zero-order valence-corrected chi connectivity index (χ0v) is 11.7. The molecule has 0 amide bonds. The Hall–Kier alpha value is -0.450. The highest BCUT2D eigenvalue weighted by atomic mass is 79.9. The number of carbonyl (C=O) groups is 1. The van der Waals surface area contributed by atoms with Crippen molar-refractivity contribution < 1.29 is 4.79 Å². The summed E-state index contributed by atoms with van der Waals surface area (Å²) in [5.41, 5.74) is 1.39. The van der Waals surface area contributed by atoms with E-state index in [4.69, 9.17) is 0 Å². The van der Waals surface area contributed by atoms with Crippen LogP contribution in [0.15, 0.2) is 22.0 Å². The Bertz CT molecular complexity index is 532. The summed E-state index contributed by atoms with van der Waals surface area (Å²) in [5.74, 6) is 0.168. The Balaban J connectivity index is 1.98. The largest absolute Gasteiger partial charge is 0.287 e. The van der Waals surface area contributed by atoms with Crippen molar-refractivity contribution in [2.24, 2.45) is 0 Å². The fraction of sp³-hybridized carbons (Fsp3) is 0.250. The van der Waals surface area contributed by atoms with Gasteiger partial charge in [0.1, 0.15) is 0 Å². The maximum atomic E-state index is 12.2. The molecule has 0 saturated carbocycles. The zero-order valence-electron chi connectivity index (χ0n) is 8.46. The van der Waals surface area contributed by atoms with E-state index in [1.807, 2.05) is 11.4 Å². The first-order chi connectivity index (χ1) is 7.75. The van der Waals surface area contributed by atoms with Crippen molar-refractivity contribution >= 4 is 44.4 Å². The quantitative estimate of drug-likeness (QED) is 0.756. The van der Waals surface area contributed by atoms with Crippen LogP contribution in [0.1, 0.15) is 31.4 Å². The molecule has 0 aliphatic heterocycles. The summed E-state index contributed by atoms with van der Waals surface area (Å²) in [6, 6.07) is 4.01. The van der Waals surface area contributed by atoms with E-state index < -0.39 is 0 Å². The van der Waals surface area contributed by atoms with Crippen LogP contribution in [0.3, 0.4) is 0 Å². The molecule has 3 rings (SSSR count). The fourth-order valence-electron chi connectivity index (χ4n) is 2.01. The number of ketones is 1. The molecule has 2 aromatic rings. The molecule has 0 fully saturated rings. The third-order valence-corrected chi connectivity index (χ3v) is 5.87. The smallest absolute Gasteiger partial charge is 0.214 e. The first-order valence-electron chi connectivity index (χ1n) is 5.15. The topological polar surface area (TPSA) is 17.1 Å². The van der Waals surface area contributed by atoms with Crippen molar-refractivity contribution in [2.45, 2.75) is 19.3 Å². The van der Waals surface area contributed by atoms with Crippen molar-refractivity contribution in [2.75, 3.05) is 0 Å². The normalized spacial score (nSPS) is 14.1. The van der Waals surface area contributed by atoms with Gasteiger partial charge in [-0.15, -0.1) is 22.7 Å². The van der Waals surface area contributed by atoms with Gasteiger partial charge in [0, 0.05) is 9.35 Å². The second-order valence-corrected chi connectivity index (χ2v) is 6.75. The number of aryl methyl sites for hydroxylation is 2. The highest BCUT2D eigenvalue weighted by Gasteiger charge is 2.21. The molecule has 0 unspecified atom stereocenters. The van der Waals surface area contributed by atoms with Crippen molar-refractivity contribution in [1.82, 2.24) is 0 Å². The van der Waals surface area contributed by atoms with Crippen LogP contribution in [0.5, 0.6) is 0 Å². The predicted molar refractivity (Wildman–Crippen MR) is 71.8 cm³/mol. The standard InChI is InChI=1S/C12H9BrOS2/c13-8-4-5-15-12(8)11(14)10-6-7-2-1-3-9(7)16-10/h4-6H,1-3H2. The van der Waals surface area contributed by atoms with E-state index >= 15 is 0 Å². The Morgan fingerprint density at radius 3 is 2.94 bits per heavy atom. The molecule has 0 radical (unpaired) electrons. The van der Waals surface area contributed by atoms with Gasteiger partial charge in [0.05, 0.1) is 9.75 Å². The van der Waals surface area contributed by atoms with Gasteiger partial charge in [-0.25, -0.2) is 0 Å². The second kappa shape index (κ2) is 4.09. The molecule has 1 aliphatic rings. The van der Waals surface area contributed by atoms with Crippen molar-refractivity contribution in [3.63, 3.8) is 0 Å². The van der Waals surface area contributed by atoms with Crippen molar-refractivity contribution in [3.05, 3.63) is 42.2 Å². The number of hydrogen-bond donors (Lipinski definition) is 0. The molecule has 0 aromatic carbocycles. The fourth-order valence-corrected chi connectivity index (χ4v) is 4.78. The minimum atomic E-state index is 0.168. The number of fused-ring (bicyclic) bond motifs is 1. The lowest BCUT2D eigenvalue weighted by Crippen LogP contribution is -1.95. The van der Waals surface area contributed by atoms with Gasteiger partial charge >= 0.3 is 0 Å². The number of carbonyl (C=O) groups excluding carboxylic acids is 1. The summed E-state index contributed by atoms with van der Waals surface area (Å²) >= 11 is 6.59. The third kappa shape index (κ3) is 1.69. The van der Waals surface area contributed by atoms with Crippen molar-refractivity contribution in [3.8, 4) is 0 Å². The second-order valence-electron chi connectivity index (χ2n) is 3.84. The van der Waals surface area contributed by atoms with Gasteiger partial charge in [-0.2, -0.15) is 0 Å². The summed E-state index contributed by atoms with van der Waals surface area (Å²) < 4.78 is 0.913. The van der Waals surface area contributed by atoms with E-state index in [1.165, 1.54) is 28.2 Å². The molecule has 0 atom stereocenters. The first kappa shape index (κ1) is 10.7. The Labute approximate surface area is 110 Å². The van der Waals surface area contributed by atoms with Crippen LogP contribution in [0.4, 0.5) is 0 Å². The monoisotopic (exact) mass is 312 g/mol. The van der Waals surface area contributed by atoms with Gasteiger partial charge in [0.2, 0.25) is 5.78 Å². The lowest BCUT2D eigenvalue weighted by atomic mass is 10.2. The van der Waals surface area contributed by atoms with Crippen LogP contribution in [-0.4, -0.2) is 5.78 Å². The van der Waals surface area contributed by atoms with E-state index in [0.29, 0.717) is 0 Å². The van der Waals surface area contributed by atoms with E-state index in [1.54, 1.807) is 11.3 Å². The van der Waals surface area contributed by atoms with Crippen LogP contribution in [0.2, 0.25) is 0 Å². The van der Waals surface area contributed by atoms with Gasteiger partial charge in [-0.3, -0.25) is 4.79 Å². The van der Waals surface area contributed by atoms with Gasteiger partial charge < -0.3 is 0 Å². The Morgan fingerprint density at radius 1 is 1.38 bits per heavy atom. The Kier molecular flexibility index (Phi) is 2.73. The molecular formula is C12H9BrOS2. The molecule has 0 N–H and O–H groups in total. The van der Waals surface area contributed by atoms with Crippen LogP contribution < -0.4 is 0 Å². The molecule has 82 valence electrons. The molecular weight excluding hydrogens is 304 g/mol. The average molecular weight is 313 g/mol. The third-order valence-electron chi connectivity index (χ3n) is 2.79. The minimum Gasteiger partial charge on any atom is -0.287 e. The van der Waals surface area contributed by atoms with Gasteiger partial charge in [-0.1, -0.05) is 0 Å². The summed E-state index contributed by atoms with van der Waals surface area (Å²) in [5, 5.41) is 1.94. The SMILES string of the molecule is O=C(c1cc2c(s1)CCC2)c1sccc1Br. The van der Waals surface area contributed by atoms with Crippen LogP contribution in [-0.2, 0) is 12.8 Å². The minimum absolute atomic E-state index is 0.168. The summed E-state index contributed by atoms with van der Waals surface area (Å²) in [4.78, 5) is 15.4. The first-order valence-corrected chi connectivity index (χ1v) is 7.64. The lowest BCUT2D eigenvalue weighted by molar-refractivity contribution is 0.104. The molecule has 0 spiro atoms. The summed E-state index contributed by atoms with van der Waals surface area (Å²) in [6.45, 7) is 0. The summed E-state index contributed by atoms with van der Waals surface area (Å²) in [7, 11) is 0. The van der Waals surface area contributed by atoms with E-state index in [-0.39, 0.29) is 5.78 Å². The highest BCUT2D eigenvalue weighted by Crippen LogP contribution is 2.34. The highest BCUT2D eigenvalue weighted by molar-refractivity contribution is 9.10. The number of hydrogen-bond acceptors (Lipinski definition) is 3. The Morgan fingerprint density at radius 2 is 2.25 bits per heavy atom. The van der Waals surface area contributed by atoms with Crippen LogP contribution in [0.25, 0.3) is 0 Å². The maximum absolute atomic E-state index is 12.2. The van der Waals surface area contributed by atoms with Crippen molar-refractivity contribution in [1.29, 1.82) is 0 Å². The molecule has 4 heteroatoms. The molecule has 2 heterocycles. The van der Waals surface area contributed by atoms with Crippen LogP contribution >= 0.6 is 38.6 Å². The van der Waals surface area contributed by atoms with E-state index in [9.17, 15) is 4.79 Å². The lowest BCUT2D eigenvalue weighted by Gasteiger charge is -1.94.